The Morgan fingerprint density at radius 2 is 1.05 bits per heavy atom. The standard InChI is InChI=1S/C8H10O8S2.2Na/c9-7(17(11,12)13)5-3-1-2-4-6(5)8(10)18(14,15)16;;/h1-4,7-10H,(H,11,12,13)(H,14,15,16);;/q;2*+1/p-2. The molecular formula is C8H8Na2O8S2. The van der Waals surface area contributed by atoms with Crippen LogP contribution in [0.15, 0.2) is 24.3 Å². The average Bonchev–Trinajstić information content (AvgIpc) is 2.24. The molecule has 0 aromatic heterocycles. The van der Waals surface area contributed by atoms with Crippen LogP contribution in [-0.4, -0.2) is 36.2 Å². The molecule has 2 atom stereocenters. The monoisotopic (exact) mass is 342 g/mol. The third-order valence-electron chi connectivity index (χ3n) is 2.07. The van der Waals surface area contributed by atoms with Crippen molar-refractivity contribution in [1.29, 1.82) is 0 Å². The van der Waals surface area contributed by atoms with Crippen LogP contribution >= 0.6 is 0 Å². The molecule has 0 bridgehead atoms. The van der Waals surface area contributed by atoms with E-state index in [1.807, 2.05) is 0 Å². The zero-order chi connectivity index (χ0) is 14.1. The van der Waals surface area contributed by atoms with Gasteiger partial charge >= 0.3 is 59.1 Å². The molecule has 0 aliphatic rings. The molecule has 12 heteroatoms. The zero-order valence-corrected chi connectivity index (χ0v) is 16.3. The fraction of sp³-hybridized carbons (Fsp3) is 0.250. The van der Waals surface area contributed by atoms with Gasteiger partial charge in [0.1, 0.15) is 20.2 Å². The molecule has 20 heavy (non-hydrogen) atoms. The summed E-state index contributed by atoms with van der Waals surface area (Å²) in [6.45, 7) is 0. The molecule has 8 nitrogen and oxygen atoms in total. The molecule has 0 saturated carbocycles. The maximum Gasteiger partial charge on any atom is 1.00 e. The number of hydrogen-bond acceptors (Lipinski definition) is 8. The predicted molar refractivity (Wildman–Crippen MR) is 55.8 cm³/mol. The zero-order valence-electron chi connectivity index (χ0n) is 10.6. The Balaban J connectivity index is 0. The van der Waals surface area contributed by atoms with Crippen molar-refractivity contribution in [3.05, 3.63) is 35.4 Å². The second-order valence-corrected chi connectivity index (χ2v) is 6.18. The van der Waals surface area contributed by atoms with E-state index in [9.17, 15) is 36.2 Å². The van der Waals surface area contributed by atoms with Crippen molar-refractivity contribution in [2.24, 2.45) is 0 Å². The Morgan fingerprint density at radius 1 is 0.800 bits per heavy atom. The van der Waals surface area contributed by atoms with Crippen LogP contribution in [0.3, 0.4) is 0 Å². The predicted octanol–water partition coefficient (Wildman–Crippen LogP) is -7.23. The minimum Gasteiger partial charge on any atom is -0.746 e. The van der Waals surface area contributed by atoms with Gasteiger partial charge in [-0.1, -0.05) is 24.3 Å². The first-order valence-electron chi connectivity index (χ1n) is 4.39. The smallest absolute Gasteiger partial charge is 0.746 e. The summed E-state index contributed by atoms with van der Waals surface area (Å²) in [5.74, 6) is 0. The molecule has 0 aliphatic heterocycles. The van der Waals surface area contributed by atoms with Gasteiger partial charge in [0.2, 0.25) is 0 Å². The van der Waals surface area contributed by atoms with Crippen molar-refractivity contribution in [3.63, 3.8) is 0 Å². The van der Waals surface area contributed by atoms with Gasteiger partial charge in [-0.05, 0) is 0 Å². The van der Waals surface area contributed by atoms with E-state index < -0.39 is 42.2 Å². The van der Waals surface area contributed by atoms with Crippen molar-refractivity contribution in [2.75, 3.05) is 0 Å². The molecule has 1 aromatic carbocycles. The summed E-state index contributed by atoms with van der Waals surface area (Å²) >= 11 is 0. The third kappa shape index (κ3) is 5.99. The van der Waals surface area contributed by atoms with Crippen molar-refractivity contribution < 1.29 is 95.3 Å². The Morgan fingerprint density at radius 3 is 1.25 bits per heavy atom. The van der Waals surface area contributed by atoms with Crippen molar-refractivity contribution >= 4 is 20.2 Å². The molecule has 0 spiro atoms. The van der Waals surface area contributed by atoms with Crippen LogP contribution in [0.1, 0.15) is 22.0 Å². The van der Waals surface area contributed by atoms with E-state index in [-0.39, 0.29) is 59.1 Å². The van der Waals surface area contributed by atoms with Gasteiger partial charge in [0.25, 0.3) is 0 Å². The maximum absolute atomic E-state index is 10.6. The molecule has 0 fully saturated rings. The molecule has 0 aliphatic carbocycles. The van der Waals surface area contributed by atoms with Gasteiger partial charge in [-0.3, -0.25) is 0 Å². The normalized spacial score (nSPS) is 14.6. The molecular weight excluding hydrogens is 334 g/mol. The first kappa shape index (κ1) is 23.2. The Kier molecular flexibility index (Phi) is 9.94. The Bertz CT molecular complexity index is 585. The summed E-state index contributed by atoms with van der Waals surface area (Å²) in [6.07, 6.45) is 0. The number of aliphatic hydroxyl groups excluding tert-OH is 2. The van der Waals surface area contributed by atoms with Crippen LogP contribution in [0.5, 0.6) is 0 Å². The second kappa shape index (κ2) is 8.56. The molecule has 0 heterocycles. The van der Waals surface area contributed by atoms with Gasteiger partial charge in [0, 0.05) is 11.1 Å². The van der Waals surface area contributed by atoms with E-state index >= 15 is 0 Å². The molecule has 0 amide bonds. The number of rotatable bonds is 4. The van der Waals surface area contributed by atoms with E-state index in [1.54, 1.807) is 0 Å². The summed E-state index contributed by atoms with van der Waals surface area (Å²) in [7, 11) is -10.3. The van der Waals surface area contributed by atoms with Gasteiger partial charge in [-0.2, -0.15) is 0 Å². The van der Waals surface area contributed by atoms with E-state index in [1.165, 1.54) is 12.1 Å². The van der Waals surface area contributed by atoms with E-state index in [2.05, 4.69) is 0 Å². The largest absolute Gasteiger partial charge is 1.00 e. The van der Waals surface area contributed by atoms with Crippen LogP contribution in [0.2, 0.25) is 0 Å². The van der Waals surface area contributed by atoms with E-state index in [0.29, 0.717) is 0 Å². The third-order valence-corrected chi connectivity index (χ3v) is 3.68. The molecule has 2 N–H and O–H groups in total. The molecule has 1 rings (SSSR count). The van der Waals surface area contributed by atoms with Gasteiger partial charge in [0.05, 0.1) is 0 Å². The van der Waals surface area contributed by atoms with Gasteiger partial charge in [-0.25, -0.2) is 16.8 Å². The SMILES string of the molecule is O=S(=O)([O-])C(O)c1ccccc1C(O)S(=O)(=O)[O-].[Na+].[Na+]. The Hall–Kier alpha value is 0.960. The fourth-order valence-electron chi connectivity index (χ4n) is 1.27. The van der Waals surface area contributed by atoms with Crippen molar-refractivity contribution in [2.45, 2.75) is 10.9 Å². The first-order valence-corrected chi connectivity index (χ1v) is 7.34. The minimum absolute atomic E-state index is 0. The molecule has 2 unspecified atom stereocenters. The van der Waals surface area contributed by atoms with Gasteiger partial charge in [0.15, 0.2) is 10.9 Å². The van der Waals surface area contributed by atoms with E-state index in [0.717, 1.165) is 12.1 Å². The van der Waals surface area contributed by atoms with Gasteiger partial charge < -0.3 is 19.3 Å². The van der Waals surface area contributed by atoms with Crippen LogP contribution in [0.25, 0.3) is 0 Å². The van der Waals surface area contributed by atoms with Crippen molar-refractivity contribution in [3.8, 4) is 0 Å². The molecule has 102 valence electrons. The fourth-order valence-corrected chi connectivity index (χ4v) is 2.32. The number of hydrogen-bond donors (Lipinski definition) is 2. The van der Waals surface area contributed by atoms with Crippen molar-refractivity contribution in [1.82, 2.24) is 0 Å². The van der Waals surface area contributed by atoms with E-state index in [4.69, 9.17) is 0 Å². The molecule has 0 saturated heterocycles. The first-order chi connectivity index (χ1) is 8.05. The average molecular weight is 342 g/mol. The van der Waals surface area contributed by atoms with Crippen LogP contribution in [0.4, 0.5) is 0 Å². The summed E-state index contributed by atoms with van der Waals surface area (Å²) in [5, 5.41) is 18.5. The minimum atomic E-state index is -5.16. The maximum atomic E-state index is 10.6. The number of benzene rings is 1. The quantitative estimate of drug-likeness (QED) is 0.404. The summed E-state index contributed by atoms with van der Waals surface area (Å²) in [5.41, 5.74) is -6.44. The van der Waals surface area contributed by atoms with Gasteiger partial charge in [-0.15, -0.1) is 0 Å². The molecule has 1 aromatic rings. The van der Waals surface area contributed by atoms with Crippen LogP contribution < -0.4 is 59.1 Å². The second-order valence-electron chi connectivity index (χ2n) is 3.32. The number of aliphatic hydroxyl groups is 2. The van der Waals surface area contributed by atoms with Crippen LogP contribution in [0, 0.1) is 0 Å². The summed E-state index contributed by atoms with van der Waals surface area (Å²) in [6, 6.07) is 4.25. The Labute approximate surface area is 160 Å². The summed E-state index contributed by atoms with van der Waals surface area (Å²) in [4.78, 5) is 0. The summed E-state index contributed by atoms with van der Waals surface area (Å²) < 4.78 is 63.8. The molecule has 0 radical (unpaired) electrons. The topological polar surface area (TPSA) is 155 Å². The van der Waals surface area contributed by atoms with Crippen LogP contribution in [-0.2, 0) is 20.2 Å².